The number of halogens is 1. The number of nitriles is 1. The van der Waals surface area contributed by atoms with Gasteiger partial charge in [-0.25, -0.2) is 9.78 Å². The Morgan fingerprint density at radius 3 is 2.83 bits per heavy atom. The largest absolute Gasteiger partial charge is 0.333 e. The second-order valence-electron chi connectivity index (χ2n) is 8.42. The van der Waals surface area contributed by atoms with Crippen molar-refractivity contribution in [2.45, 2.75) is 19.5 Å². The predicted octanol–water partition coefficient (Wildman–Crippen LogP) is 4.27. The van der Waals surface area contributed by atoms with Gasteiger partial charge in [0.1, 0.15) is 0 Å². The summed E-state index contributed by atoms with van der Waals surface area (Å²) in [7, 11) is 0. The van der Waals surface area contributed by atoms with Crippen LogP contribution in [0.15, 0.2) is 67.1 Å². The van der Waals surface area contributed by atoms with Gasteiger partial charge in [0.25, 0.3) is 0 Å². The van der Waals surface area contributed by atoms with E-state index >= 15 is 0 Å². The first-order valence-electron chi connectivity index (χ1n) is 11.4. The highest BCUT2D eigenvalue weighted by Gasteiger charge is 2.26. The number of pyridine rings is 2. The first kappa shape index (κ1) is 22.4. The van der Waals surface area contributed by atoms with Crippen LogP contribution in [0.4, 0.5) is 9.18 Å². The molecule has 174 valence electrons. The molecule has 5 rings (SSSR count). The molecule has 1 aliphatic heterocycles. The first-order chi connectivity index (χ1) is 17.1. The van der Waals surface area contributed by atoms with Crippen LogP contribution < -0.4 is 5.32 Å². The molecular formula is C27H23FN6O. The third-order valence-electron chi connectivity index (χ3n) is 6.17. The normalized spacial score (nSPS) is 13.6. The summed E-state index contributed by atoms with van der Waals surface area (Å²) < 4.78 is 15.1. The van der Waals surface area contributed by atoms with Gasteiger partial charge in [0.05, 0.1) is 17.1 Å². The van der Waals surface area contributed by atoms with E-state index < -0.39 is 5.95 Å². The summed E-state index contributed by atoms with van der Waals surface area (Å²) in [6.45, 7) is 2.44. The molecular weight excluding hydrogens is 443 g/mol. The molecule has 0 atom stereocenters. The highest BCUT2D eigenvalue weighted by atomic mass is 19.1. The minimum atomic E-state index is -0.581. The monoisotopic (exact) mass is 466 g/mol. The van der Waals surface area contributed by atoms with Gasteiger partial charge in [0.15, 0.2) is 0 Å². The van der Waals surface area contributed by atoms with Gasteiger partial charge in [-0.15, -0.1) is 0 Å². The third kappa shape index (κ3) is 4.81. The Morgan fingerprint density at radius 2 is 2.03 bits per heavy atom. The summed E-state index contributed by atoms with van der Waals surface area (Å²) in [4.78, 5) is 23.2. The molecule has 35 heavy (non-hydrogen) atoms. The van der Waals surface area contributed by atoms with Gasteiger partial charge in [-0.3, -0.25) is 14.5 Å². The van der Waals surface area contributed by atoms with E-state index in [4.69, 9.17) is 0 Å². The highest BCUT2D eigenvalue weighted by molar-refractivity contribution is 5.96. The molecule has 3 aromatic heterocycles. The number of aromatic nitrogens is 3. The zero-order valence-electron chi connectivity index (χ0n) is 19.0. The summed E-state index contributed by atoms with van der Waals surface area (Å²) in [5, 5.41) is 13.2. The number of fused-ring (bicyclic) bond motifs is 3. The van der Waals surface area contributed by atoms with Crippen LogP contribution in [-0.4, -0.2) is 38.6 Å². The fourth-order valence-electron chi connectivity index (χ4n) is 4.49. The van der Waals surface area contributed by atoms with Crippen molar-refractivity contribution in [3.63, 3.8) is 0 Å². The van der Waals surface area contributed by atoms with Gasteiger partial charge in [-0.2, -0.15) is 9.65 Å². The number of nitrogens with one attached hydrogen (secondary N) is 1. The van der Waals surface area contributed by atoms with Crippen molar-refractivity contribution in [1.29, 1.82) is 5.26 Å². The van der Waals surface area contributed by atoms with Crippen molar-refractivity contribution >= 4 is 23.0 Å². The lowest BCUT2D eigenvalue weighted by Crippen LogP contribution is -2.34. The smallest absolute Gasteiger partial charge is 0.326 e. The maximum absolute atomic E-state index is 13.4. The Hall–Kier alpha value is -4.35. The topological polar surface area (TPSA) is 86.8 Å². The van der Waals surface area contributed by atoms with Gasteiger partial charge in [0, 0.05) is 62.3 Å². The van der Waals surface area contributed by atoms with E-state index in [2.05, 4.69) is 38.4 Å². The van der Waals surface area contributed by atoms with Crippen LogP contribution in [0.25, 0.3) is 17.0 Å². The number of hydrogen-bond acceptors (Lipinski definition) is 5. The zero-order valence-corrected chi connectivity index (χ0v) is 19.0. The van der Waals surface area contributed by atoms with E-state index in [0.29, 0.717) is 24.1 Å². The molecule has 4 aromatic rings. The number of carbonyl (C=O) groups excluding carboxylic acids is 1. The van der Waals surface area contributed by atoms with Crippen molar-refractivity contribution in [2.75, 3.05) is 13.1 Å². The Balaban J connectivity index is 1.41. The van der Waals surface area contributed by atoms with E-state index in [1.54, 1.807) is 29.1 Å². The van der Waals surface area contributed by atoms with Crippen molar-refractivity contribution < 1.29 is 9.18 Å². The summed E-state index contributed by atoms with van der Waals surface area (Å²) in [5.41, 5.74) is 5.06. The van der Waals surface area contributed by atoms with Crippen LogP contribution in [0, 0.1) is 17.3 Å². The number of rotatable bonds is 5. The fraction of sp³-hybridized carbons (Fsp3) is 0.185. The van der Waals surface area contributed by atoms with Crippen molar-refractivity contribution in [2.24, 2.45) is 0 Å². The number of benzene rings is 1. The molecule has 7 nitrogen and oxygen atoms in total. The van der Waals surface area contributed by atoms with Crippen LogP contribution in [0.3, 0.4) is 0 Å². The SMILES string of the molecule is N#Cc1ccc2c(c1)c1c(n2C(=O)NCc2ccnc(F)c2)CCN(C/C=C/c2ccncc2)C1. The van der Waals surface area contributed by atoms with Crippen LogP contribution in [0.2, 0.25) is 0 Å². The number of amides is 1. The van der Waals surface area contributed by atoms with Crippen molar-refractivity contribution in [3.8, 4) is 6.07 Å². The quantitative estimate of drug-likeness (QED) is 0.444. The molecule has 1 amide bonds. The molecule has 0 bridgehead atoms. The molecule has 8 heteroatoms. The van der Waals surface area contributed by atoms with Crippen LogP contribution in [0.5, 0.6) is 0 Å². The van der Waals surface area contributed by atoms with Gasteiger partial charge in [-0.1, -0.05) is 12.2 Å². The van der Waals surface area contributed by atoms with Gasteiger partial charge >= 0.3 is 6.03 Å². The average molecular weight is 467 g/mol. The number of hydrogen-bond donors (Lipinski definition) is 1. The maximum atomic E-state index is 13.4. The Bertz CT molecular complexity index is 1450. The molecule has 1 aromatic carbocycles. The molecule has 0 unspecified atom stereocenters. The molecule has 4 heterocycles. The predicted molar refractivity (Wildman–Crippen MR) is 131 cm³/mol. The molecule has 0 spiro atoms. The first-order valence-corrected chi connectivity index (χ1v) is 11.4. The van der Waals surface area contributed by atoms with Crippen LogP contribution in [0.1, 0.15) is 27.9 Å². The fourth-order valence-corrected chi connectivity index (χ4v) is 4.49. The molecule has 1 N–H and O–H groups in total. The lowest BCUT2D eigenvalue weighted by molar-refractivity contribution is 0.240. The lowest BCUT2D eigenvalue weighted by Gasteiger charge is -2.27. The molecule has 0 fully saturated rings. The summed E-state index contributed by atoms with van der Waals surface area (Å²) >= 11 is 0. The van der Waals surface area contributed by atoms with Crippen LogP contribution >= 0.6 is 0 Å². The van der Waals surface area contributed by atoms with E-state index in [0.717, 1.165) is 40.8 Å². The maximum Gasteiger partial charge on any atom is 0.326 e. The summed E-state index contributed by atoms with van der Waals surface area (Å²) in [6.07, 6.45) is 9.82. The Morgan fingerprint density at radius 1 is 1.17 bits per heavy atom. The molecule has 1 aliphatic rings. The number of carbonyl (C=O) groups is 1. The third-order valence-corrected chi connectivity index (χ3v) is 6.17. The van der Waals surface area contributed by atoms with E-state index in [1.807, 2.05) is 24.3 Å². The van der Waals surface area contributed by atoms with Crippen molar-refractivity contribution in [3.05, 3.63) is 101 Å². The van der Waals surface area contributed by atoms with E-state index in [9.17, 15) is 14.4 Å². The average Bonchev–Trinajstić information content (AvgIpc) is 3.21. The Labute approximate surface area is 202 Å². The molecule has 0 aliphatic carbocycles. The highest BCUT2D eigenvalue weighted by Crippen LogP contribution is 2.31. The number of nitrogens with zero attached hydrogens (tertiary/aromatic N) is 5. The van der Waals surface area contributed by atoms with Crippen molar-refractivity contribution in [1.82, 2.24) is 24.8 Å². The van der Waals surface area contributed by atoms with Gasteiger partial charge in [-0.05, 0) is 59.2 Å². The lowest BCUT2D eigenvalue weighted by atomic mass is 10.0. The van der Waals surface area contributed by atoms with Crippen LogP contribution in [-0.2, 0) is 19.5 Å². The summed E-state index contributed by atoms with van der Waals surface area (Å²) in [6, 6.07) is 14.2. The standard InChI is InChI=1S/C27H23FN6O/c28-26-15-21(7-11-31-26)17-32-27(35)34-24-4-3-20(16-29)14-22(24)23-18-33(13-8-25(23)34)12-1-2-19-5-9-30-10-6-19/h1-7,9-11,14-15H,8,12-13,17-18H2,(H,32,35)/b2-1+. The minimum Gasteiger partial charge on any atom is -0.333 e. The second kappa shape index (κ2) is 9.87. The molecule has 0 saturated carbocycles. The molecule has 0 saturated heterocycles. The second-order valence-corrected chi connectivity index (χ2v) is 8.42. The van der Waals surface area contributed by atoms with Gasteiger partial charge < -0.3 is 5.32 Å². The molecule has 0 radical (unpaired) electrons. The van der Waals surface area contributed by atoms with E-state index in [-0.39, 0.29) is 12.6 Å². The van der Waals surface area contributed by atoms with Gasteiger partial charge in [0.2, 0.25) is 5.95 Å². The zero-order chi connectivity index (χ0) is 24.2. The summed E-state index contributed by atoms with van der Waals surface area (Å²) in [5.74, 6) is -0.581. The Kier molecular flexibility index (Phi) is 6.33. The minimum absolute atomic E-state index is 0.189. The van der Waals surface area contributed by atoms with E-state index in [1.165, 1.54) is 12.3 Å².